The molecule has 0 atom stereocenters. The zero-order chi connectivity index (χ0) is 14.1. The van der Waals surface area contributed by atoms with Crippen LogP contribution < -0.4 is 5.32 Å². The van der Waals surface area contributed by atoms with Crippen molar-refractivity contribution in [2.24, 2.45) is 0 Å². The van der Waals surface area contributed by atoms with Crippen LogP contribution in [0.3, 0.4) is 0 Å². The van der Waals surface area contributed by atoms with Gasteiger partial charge in [0, 0.05) is 28.5 Å². The van der Waals surface area contributed by atoms with Gasteiger partial charge in [0.15, 0.2) is 0 Å². The Morgan fingerprint density at radius 3 is 3.10 bits per heavy atom. The quantitative estimate of drug-likeness (QED) is 0.942. The maximum atomic E-state index is 11.7. The molecule has 0 aliphatic carbocycles. The summed E-state index contributed by atoms with van der Waals surface area (Å²) in [4.78, 5) is 11.7. The zero-order valence-electron chi connectivity index (χ0n) is 11.0. The monoisotopic (exact) mass is 307 g/mol. The van der Waals surface area contributed by atoms with Gasteiger partial charge in [0.25, 0.3) is 0 Å². The number of rotatable bonds is 3. The lowest BCUT2D eigenvalue weighted by Crippen LogP contribution is -2.14. The van der Waals surface area contributed by atoms with Crippen LogP contribution in [0.15, 0.2) is 24.3 Å². The lowest BCUT2D eigenvalue weighted by atomic mass is 10.2. The van der Waals surface area contributed by atoms with Gasteiger partial charge in [-0.05, 0) is 18.2 Å². The third-order valence-corrected chi connectivity index (χ3v) is 4.39. The van der Waals surface area contributed by atoms with E-state index in [0.29, 0.717) is 11.4 Å². The Hall–Kier alpha value is -1.46. The number of aromatic nitrogens is 2. The van der Waals surface area contributed by atoms with Crippen LogP contribution in [-0.4, -0.2) is 15.7 Å². The van der Waals surface area contributed by atoms with Gasteiger partial charge in [-0.3, -0.25) is 4.79 Å². The predicted octanol–water partition coefficient (Wildman–Crippen LogP) is 3.62. The first-order valence-corrected chi connectivity index (χ1v) is 7.96. The van der Waals surface area contributed by atoms with Gasteiger partial charge >= 0.3 is 0 Å². The minimum atomic E-state index is -0.00659. The number of carbonyl (C=O) groups is 1. The molecule has 4 nitrogen and oxygen atoms in total. The summed E-state index contributed by atoms with van der Waals surface area (Å²) in [6.07, 6.45) is 0.447. The number of carbonyl (C=O) groups excluding carboxylic acids is 1. The molecule has 0 bridgehead atoms. The smallest absolute Gasteiger partial charge is 0.225 e. The number of hydrogen-bond donors (Lipinski definition) is 1. The first-order valence-electron chi connectivity index (χ1n) is 6.43. The van der Waals surface area contributed by atoms with Crippen molar-refractivity contribution in [3.8, 4) is 5.69 Å². The fraction of sp³-hybridized carbons (Fsp3) is 0.286. The lowest BCUT2D eigenvalue weighted by molar-refractivity contribution is -0.115. The van der Waals surface area contributed by atoms with Crippen molar-refractivity contribution in [3.63, 3.8) is 0 Å². The maximum absolute atomic E-state index is 11.7. The summed E-state index contributed by atoms with van der Waals surface area (Å²) in [6.45, 7) is 1.84. The molecule has 0 saturated carbocycles. The van der Waals surface area contributed by atoms with Crippen LogP contribution in [0.25, 0.3) is 5.69 Å². The summed E-state index contributed by atoms with van der Waals surface area (Å²) in [5, 5.41) is 8.23. The Bertz CT molecular complexity index is 668. The highest BCUT2D eigenvalue weighted by molar-refractivity contribution is 7.98. The summed E-state index contributed by atoms with van der Waals surface area (Å²) in [7, 11) is 0. The second-order valence-electron chi connectivity index (χ2n) is 4.56. The number of thioether (sulfide) groups is 1. The van der Waals surface area contributed by atoms with Crippen molar-refractivity contribution < 1.29 is 4.79 Å². The molecule has 1 aromatic carbocycles. The van der Waals surface area contributed by atoms with Gasteiger partial charge in [0.05, 0.1) is 11.4 Å². The minimum Gasteiger partial charge on any atom is -0.310 e. The molecule has 20 heavy (non-hydrogen) atoms. The molecular formula is C14H14ClN3OS. The van der Waals surface area contributed by atoms with Crippen molar-refractivity contribution in [3.05, 3.63) is 40.5 Å². The van der Waals surface area contributed by atoms with Gasteiger partial charge in [-0.2, -0.15) is 16.9 Å². The zero-order valence-corrected chi connectivity index (χ0v) is 12.6. The highest BCUT2D eigenvalue weighted by atomic mass is 35.5. The number of hydrogen-bond acceptors (Lipinski definition) is 3. The molecule has 1 amide bonds. The number of anilines is 1. The molecule has 6 heteroatoms. The second kappa shape index (κ2) is 5.50. The van der Waals surface area contributed by atoms with Gasteiger partial charge in [0.1, 0.15) is 5.82 Å². The Balaban J connectivity index is 2.08. The predicted molar refractivity (Wildman–Crippen MR) is 82.5 cm³/mol. The van der Waals surface area contributed by atoms with E-state index in [0.717, 1.165) is 34.3 Å². The van der Waals surface area contributed by atoms with Crippen molar-refractivity contribution in [2.75, 3.05) is 5.32 Å². The van der Waals surface area contributed by atoms with Crippen LogP contribution in [-0.2, 0) is 16.3 Å². The molecule has 1 aliphatic heterocycles. The molecule has 0 spiro atoms. The minimum absolute atomic E-state index is 0.00659. The molecule has 2 heterocycles. The molecule has 3 rings (SSSR count). The molecule has 1 aromatic heterocycles. The number of fused-ring (bicyclic) bond motifs is 1. The van der Waals surface area contributed by atoms with Crippen LogP contribution in [0.5, 0.6) is 0 Å². The summed E-state index contributed by atoms with van der Waals surface area (Å²) < 4.78 is 1.78. The van der Waals surface area contributed by atoms with Crippen molar-refractivity contribution >= 4 is 35.1 Å². The van der Waals surface area contributed by atoms with E-state index in [1.165, 1.54) is 0 Å². The summed E-state index contributed by atoms with van der Waals surface area (Å²) in [6, 6.07) is 7.48. The Labute approximate surface area is 126 Å². The van der Waals surface area contributed by atoms with Crippen LogP contribution in [0.1, 0.15) is 24.6 Å². The van der Waals surface area contributed by atoms with Gasteiger partial charge in [-0.1, -0.05) is 24.6 Å². The molecule has 1 N–H and O–H groups in total. The Morgan fingerprint density at radius 2 is 2.35 bits per heavy atom. The highest BCUT2D eigenvalue weighted by Crippen LogP contribution is 2.36. The molecular weight excluding hydrogens is 294 g/mol. The molecule has 0 unspecified atom stereocenters. The van der Waals surface area contributed by atoms with Gasteiger partial charge < -0.3 is 5.32 Å². The number of nitrogens with one attached hydrogen (secondary N) is 1. The van der Waals surface area contributed by atoms with E-state index in [-0.39, 0.29) is 5.91 Å². The first-order chi connectivity index (χ1) is 9.69. The third-order valence-electron chi connectivity index (χ3n) is 3.18. The van der Waals surface area contributed by atoms with E-state index in [2.05, 4.69) is 10.4 Å². The normalized spacial score (nSPS) is 13.3. The van der Waals surface area contributed by atoms with E-state index in [4.69, 9.17) is 11.6 Å². The third kappa shape index (κ3) is 2.43. The topological polar surface area (TPSA) is 46.9 Å². The fourth-order valence-electron chi connectivity index (χ4n) is 2.16. The van der Waals surface area contributed by atoms with Gasteiger partial charge in [-0.15, -0.1) is 0 Å². The average molecular weight is 308 g/mol. The van der Waals surface area contributed by atoms with Crippen molar-refractivity contribution in [1.82, 2.24) is 9.78 Å². The summed E-state index contributed by atoms with van der Waals surface area (Å²) in [5.41, 5.74) is 3.03. The highest BCUT2D eigenvalue weighted by Gasteiger charge is 2.24. The SMILES string of the molecule is CCC(=O)Nc1c2c(nn1-c1cccc(Cl)c1)CSC2. The maximum Gasteiger partial charge on any atom is 0.225 e. The van der Waals surface area contributed by atoms with Gasteiger partial charge in [-0.25, -0.2) is 4.68 Å². The molecule has 0 saturated heterocycles. The first kappa shape index (κ1) is 13.5. The van der Waals surface area contributed by atoms with Crippen LogP contribution in [0, 0.1) is 0 Å². The summed E-state index contributed by atoms with van der Waals surface area (Å²) in [5.74, 6) is 2.54. The van der Waals surface area contributed by atoms with E-state index < -0.39 is 0 Å². The standard InChI is InChI=1S/C14H14ClN3OS/c1-2-13(19)16-14-11-7-20-8-12(11)17-18(14)10-5-3-4-9(15)6-10/h3-6H,2,7-8H2,1H3,(H,16,19). The average Bonchev–Trinajstić information content (AvgIpc) is 3.01. The van der Waals surface area contributed by atoms with E-state index in [1.807, 2.05) is 43.0 Å². The lowest BCUT2D eigenvalue weighted by Gasteiger charge is -2.10. The van der Waals surface area contributed by atoms with Gasteiger partial charge in [0.2, 0.25) is 5.91 Å². The Kier molecular flexibility index (Phi) is 3.72. The van der Waals surface area contributed by atoms with Crippen molar-refractivity contribution in [1.29, 1.82) is 0 Å². The van der Waals surface area contributed by atoms with Crippen LogP contribution in [0.2, 0.25) is 5.02 Å². The van der Waals surface area contributed by atoms with Crippen LogP contribution in [0.4, 0.5) is 5.82 Å². The number of halogens is 1. The molecule has 2 aromatic rings. The molecule has 1 aliphatic rings. The second-order valence-corrected chi connectivity index (χ2v) is 5.98. The van der Waals surface area contributed by atoms with Crippen LogP contribution >= 0.6 is 23.4 Å². The van der Waals surface area contributed by atoms with E-state index in [9.17, 15) is 4.79 Å². The molecule has 104 valence electrons. The van der Waals surface area contributed by atoms with E-state index in [1.54, 1.807) is 4.68 Å². The fourth-order valence-corrected chi connectivity index (χ4v) is 3.38. The Morgan fingerprint density at radius 1 is 1.50 bits per heavy atom. The number of amides is 1. The molecule has 0 radical (unpaired) electrons. The number of benzene rings is 1. The molecule has 0 fully saturated rings. The van der Waals surface area contributed by atoms with Crippen molar-refractivity contribution in [2.45, 2.75) is 24.9 Å². The summed E-state index contributed by atoms with van der Waals surface area (Å²) >= 11 is 7.85. The largest absolute Gasteiger partial charge is 0.310 e. The van der Waals surface area contributed by atoms with E-state index >= 15 is 0 Å². The number of nitrogens with zero attached hydrogens (tertiary/aromatic N) is 2.